The van der Waals surface area contributed by atoms with E-state index in [0.717, 1.165) is 35.6 Å². The van der Waals surface area contributed by atoms with E-state index in [1.807, 2.05) is 42.2 Å². The Kier molecular flexibility index (Phi) is 6.15. The van der Waals surface area contributed by atoms with Crippen molar-refractivity contribution in [2.24, 2.45) is 0 Å². The van der Waals surface area contributed by atoms with E-state index in [-0.39, 0.29) is 24.8 Å². The van der Waals surface area contributed by atoms with Gasteiger partial charge in [0.1, 0.15) is 0 Å². The number of aryl methyl sites for hydroxylation is 1. The van der Waals surface area contributed by atoms with Crippen molar-refractivity contribution in [1.29, 1.82) is 0 Å². The van der Waals surface area contributed by atoms with Gasteiger partial charge in [0, 0.05) is 36.6 Å². The number of fused-ring (bicyclic) bond motifs is 1. The molecule has 1 aliphatic rings. The van der Waals surface area contributed by atoms with Crippen LogP contribution in [0.3, 0.4) is 0 Å². The van der Waals surface area contributed by atoms with Crippen molar-refractivity contribution in [2.45, 2.75) is 25.7 Å². The van der Waals surface area contributed by atoms with Crippen LogP contribution in [0.4, 0.5) is 0 Å². The molecule has 0 aliphatic carbocycles. The highest BCUT2D eigenvalue weighted by Crippen LogP contribution is 2.30. The minimum atomic E-state index is 0. The second-order valence-corrected chi connectivity index (χ2v) is 5.84. The van der Waals surface area contributed by atoms with Crippen LogP contribution < -0.4 is 5.32 Å². The van der Waals surface area contributed by atoms with Crippen LogP contribution in [0.5, 0.6) is 0 Å². The third-order valence-corrected chi connectivity index (χ3v) is 4.41. The van der Waals surface area contributed by atoms with Gasteiger partial charge in [-0.2, -0.15) is 5.10 Å². The summed E-state index contributed by atoms with van der Waals surface area (Å²) in [7, 11) is 0. The molecule has 1 N–H and O–H groups in total. The lowest BCUT2D eigenvalue weighted by Crippen LogP contribution is -2.29. The summed E-state index contributed by atoms with van der Waals surface area (Å²) in [5.41, 5.74) is 5.42. The molecular weight excluding hydrogens is 345 g/mol. The zero-order valence-electron chi connectivity index (χ0n) is 13.5. The third-order valence-electron chi connectivity index (χ3n) is 4.41. The van der Waals surface area contributed by atoms with Gasteiger partial charge in [-0.15, -0.1) is 24.8 Å². The zero-order chi connectivity index (χ0) is 14.9. The van der Waals surface area contributed by atoms with Gasteiger partial charge in [0.2, 0.25) is 0 Å². The van der Waals surface area contributed by atoms with E-state index in [0.29, 0.717) is 5.92 Å². The number of aromatic nitrogens is 4. The van der Waals surface area contributed by atoms with Gasteiger partial charge in [0.25, 0.3) is 0 Å². The van der Waals surface area contributed by atoms with Crippen LogP contribution in [-0.2, 0) is 0 Å². The highest BCUT2D eigenvalue weighted by atomic mass is 35.5. The predicted molar refractivity (Wildman–Crippen MR) is 100 cm³/mol. The molecule has 4 heterocycles. The second-order valence-electron chi connectivity index (χ2n) is 5.84. The van der Waals surface area contributed by atoms with Crippen molar-refractivity contribution in [2.75, 3.05) is 13.1 Å². The summed E-state index contributed by atoms with van der Waals surface area (Å²) >= 11 is 0. The molecule has 3 aromatic rings. The van der Waals surface area contributed by atoms with Crippen molar-refractivity contribution in [3.8, 4) is 11.1 Å². The molecule has 5 nitrogen and oxygen atoms in total. The van der Waals surface area contributed by atoms with Gasteiger partial charge < -0.3 is 5.32 Å². The Balaban J connectivity index is 0.00000104. The minimum Gasteiger partial charge on any atom is -0.316 e. The van der Waals surface area contributed by atoms with Crippen molar-refractivity contribution >= 4 is 30.5 Å². The molecule has 7 heteroatoms. The van der Waals surface area contributed by atoms with Crippen LogP contribution >= 0.6 is 24.8 Å². The lowest BCUT2D eigenvalue weighted by molar-refractivity contribution is 0.448. The van der Waals surface area contributed by atoms with Crippen molar-refractivity contribution < 1.29 is 0 Å². The molecule has 1 unspecified atom stereocenters. The van der Waals surface area contributed by atoms with E-state index in [4.69, 9.17) is 5.10 Å². The summed E-state index contributed by atoms with van der Waals surface area (Å²) in [5.74, 6) is 0.504. The van der Waals surface area contributed by atoms with E-state index < -0.39 is 0 Å². The number of nitrogens with zero attached hydrogens (tertiary/aromatic N) is 4. The molecule has 1 fully saturated rings. The Hall–Kier alpha value is -1.69. The van der Waals surface area contributed by atoms with Gasteiger partial charge in [-0.1, -0.05) is 0 Å². The molecule has 1 aliphatic heterocycles. The summed E-state index contributed by atoms with van der Waals surface area (Å²) in [6, 6.07) is 6.13. The number of pyridine rings is 1. The normalized spacial score (nSPS) is 17.1. The summed E-state index contributed by atoms with van der Waals surface area (Å²) < 4.78 is 2.03. The first kappa shape index (κ1) is 18.6. The molecule has 4 rings (SSSR count). The number of hydrogen-bond donors (Lipinski definition) is 1. The molecule has 0 bridgehead atoms. The molecule has 3 aromatic heterocycles. The molecule has 0 amide bonds. The number of nitrogens with one attached hydrogen (secondary N) is 1. The fourth-order valence-corrected chi connectivity index (χ4v) is 3.34. The van der Waals surface area contributed by atoms with Crippen molar-refractivity contribution in [3.63, 3.8) is 0 Å². The zero-order valence-corrected chi connectivity index (χ0v) is 15.1. The number of halogens is 2. The fourth-order valence-electron chi connectivity index (χ4n) is 3.34. The smallest absolute Gasteiger partial charge is 0.163 e. The summed E-state index contributed by atoms with van der Waals surface area (Å²) in [5, 5.41) is 8.25. The highest BCUT2D eigenvalue weighted by molar-refractivity contribution is 5.85. The van der Waals surface area contributed by atoms with Crippen LogP contribution in [0.25, 0.3) is 16.8 Å². The molecule has 24 heavy (non-hydrogen) atoms. The first-order chi connectivity index (χ1) is 10.8. The fraction of sp³-hybridized carbons (Fsp3) is 0.353. The first-order valence-corrected chi connectivity index (χ1v) is 7.80. The Morgan fingerprint density at radius 1 is 1.12 bits per heavy atom. The Bertz CT molecular complexity index is 797. The maximum Gasteiger partial charge on any atom is 0.163 e. The molecule has 0 spiro atoms. The lowest BCUT2D eigenvalue weighted by Gasteiger charge is -2.23. The first-order valence-electron chi connectivity index (χ1n) is 7.80. The maximum absolute atomic E-state index is 4.77. The molecule has 128 valence electrons. The summed E-state index contributed by atoms with van der Waals surface area (Å²) in [6.07, 6.45) is 7.95. The predicted octanol–water partition coefficient (Wildman–Crippen LogP) is 3.41. The Morgan fingerprint density at radius 2 is 1.92 bits per heavy atom. The SMILES string of the molecule is Cc1nn2c(C3CCCNC3)ccnc2c1-c1ccncc1.Cl.Cl. The van der Waals surface area contributed by atoms with E-state index >= 15 is 0 Å². The average molecular weight is 366 g/mol. The quantitative estimate of drug-likeness (QED) is 0.755. The van der Waals surface area contributed by atoms with Crippen LogP contribution in [0.15, 0.2) is 36.8 Å². The van der Waals surface area contributed by atoms with Gasteiger partial charge in [-0.3, -0.25) is 4.98 Å². The van der Waals surface area contributed by atoms with Crippen LogP contribution in [0, 0.1) is 6.92 Å². The largest absolute Gasteiger partial charge is 0.316 e. The van der Waals surface area contributed by atoms with Crippen molar-refractivity contribution in [3.05, 3.63) is 48.2 Å². The lowest BCUT2D eigenvalue weighted by atomic mass is 9.96. The summed E-state index contributed by atoms with van der Waals surface area (Å²) in [6.45, 7) is 4.18. The second kappa shape index (κ2) is 7.92. The van der Waals surface area contributed by atoms with Gasteiger partial charge in [0.15, 0.2) is 5.65 Å². The van der Waals surface area contributed by atoms with Crippen LogP contribution in [0.2, 0.25) is 0 Å². The number of rotatable bonds is 2. The molecular formula is C17H21Cl2N5. The van der Waals surface area contributed by atoms with Gasteiger partial charge in [-0.05, 0) is 50.1 Å². The van der Waals surface area contributed by atoms with Crippen molar-refractivity contribution in [1.82, 2.24) is 24.9 Å². The monoisotopic (exact) mass is 365 g/mol. The molecule has 0 saturated carbocycles. The van der Waals surface area contributed by atoms with Crippen LogP contribution in [0.1, 0.15) is 30.1 Å². The van der Waals surface area contributed by atoms with Gasteiger partial charge >= 0.3 is 0 Å². The Morgan fingerprint density at radius 3 is 2.62 bits per heavy atom. The van der Waals surface area contributed by atoms with E-state index in [2.05, 4.69) is 21.4 Å². The standard InChI is InChI=1S/C17H19N5.2ClH/c1-12-16(13-4-8-18-9-5-13)17-20-10-6-15(22(17)21-12)14-3-2-7-19-11-14;;/h4-6,8-10,14,19H,2-3,7,11H2,1H3;2*1H. The Labute approximate surface area is 153 Å². The number of piperidine rings is 1. The van der Waals surface area contributed by atoms with Gasteiger partial charge in [-0.25, -0.2) is 9.50 Å². The minimum absolute atomic E-state index is 0. The topological polar surface area (TPSA) is 55.1 Å². The molecule has 0 aromatic carbocycles. The third kappa shape index (κ3) is 3.24. The average Bonchev–Trinajstić information content (AvgIpc) is 2.92. The van der Waals surface area contributed by atoms with E-state index in [9.17, 15) is 0 Å². The van der Waals surface area contributed by atoms with Crippen LogP contribution in [-0.4, -0.2) is 32.7 Å². The van der Waals surface area contributed by atoms with E-state index in [1.165, 1.54) is 18.5 Å². The maximum atomic E-state index is 4.77. The van der Waals surface area contributed by atoms with Gasteiger partial charge in [0.05, 0.1) is 11.4 Å². The number of hydrogen-bond acceptors (Lipinski definition) is 4. The molecule has 1 atom stereocenters. The molecule has 0 radical (unpaired) electrons. The summed E-state index contributed by atoms with van der Waals surface area (Å²) in [4.78, 5) is 8.69. The van der Waals surface area contributed by atoms with E-state index in [1.54, 1.807) is 0 Å². The molecule has 1 saturated heterocycles. The highest BCUT2D eigenvalue weighted by Gasteiger charge is 2.21.